The van der Waals surface area contributed by atoms with Crippen LogP contribution in [0.4, 0.5) is 4.79 Å². The number of amidine groups is 1. The van der Waals surface area contributed by atoms with Crippen LogP contribution in [0.1, 0.15) is 66.6 Å². The molecular weight excluding hydrogens is 588 g/mol. The first-order chi connectivity index (χ1) is 20.8. The summed E-state index contributed by atoms with van der Waals surface area (Å²) in [5.41, 5.74) is 0.575. The van der Waals surface area contributed by atoms with Crippen LogP contribution in [0, 0.1) is 0 Å². The molecule has 5 rings (SSSR count). The zero-order valence-corrected chi connectivity index (χ0v) is 25.5. The van der Waals surface area contributed by atoms with Gasteiger partial charge in [-0.15, -0.1) is 0 Å². The van der Waals surface area contributed by atoms with Crippen LogP contribution in [0.15, 0.2) is 59.9 Å². The maximum absolute atomic E-state index is 14.5. The molecule has 44 heavy (non-hydrogen) atoms. The van der Waals surface area contributed by atoms with Crippen molar-refractivity contribution in [2.75, 3.05) is 19.6 Å². The van der Waals surface area contributed by atoms with Crippen LogP contribution >= 0.6 is 11.6 Å². The lowest BCUT2D eigenvalue weighted by Crippen LogP contribution is -2.55. The van der Waals surface area contributed by atoms with Crippen LogP contribution in [0.2, 0.25) is 5.02 Å². The number of benzene rings is 2. The van der Waals surface area contributed by atoms with Gasteiger partial charge >= 0.3 is 12.0 Å². The fourth-order valence-corrected chi connectivity index (χ4v) is 5.41. The summed E-state index contributed by atoms with van der Waals surface area (Å²) in [5, 5.41) is 12.5. The third kappa shape index (κ3) is 6.45. The van der Waals surface area contributed by atoms with E-state index in [0.29, 0.717) is 29.5 Å². The number of rotatable bonds is 7. The third-order valence-corrected chi connectivity index (χ3v) is 7.44. The fraction of sp³-hybridized carbons (Fsp3) is 0.355. The average molecular weight is 621 g/mol. The third-order valence-electron chi connectivity index (χ3n) is 7.19. The highest BCUT2D eigenvalue weighted by Gasteiger charge is 2.46. The number of aliphatic imine (C=N–C) groups is 1. The molecule has 0 aliphatic carbocycles. The molecule has 13 heteroatoms. The van der Waals surface area contributed by atoms with Crippen molar-refractivity contribution in [2.24, 2.45) is 12.0 Å². The molecule has 2 aliphatic heterocycles. The van der Waals surface area contributed by atoms with E-state index in [1.54, 1.807) is 35.5 Å². The van der Waals surface area contributed by atoms with E-state index in [2.05, 4.69) is 10.3 Å². The number of nitrogens with zero attached hydrogens (tertiary/aromatic N) is 5. The molecule has 0 radical (unpaired) electrons. The van der Waals surface area contributed by atoms with Gasteiger partial charge in [0, 0.05) is 43.1 Å². The Morgan fingerprint density at radius 1 is 1.14 bits per heavy atom. The lowest BCUT2D eigenvalue weighted by atomic mass is 9.98. The van der Waals surface area contributed by atoms with Gasteiger partial charge in [-0.1, -0.05) is 29.8 Å². The van der Waals surface area contributed by atoms with Crippen molar-refractivity contribution >= 4 is 41.1 Å². The minimum Gasteiger partial charge on any atom is -0.487 e. The van der Waals surface area contributed by atoms with Gasteiger partial charge in [0.05, 0.1) is 11.6 Å². The van der Waals surface area contributed by atoms with E-state index in [-0.39, 0.29) is 29.6 Å². The second kappa shape index (κ2) is 12.1. The van der Waals surface area contributed by atoms with Crippen LogP contribution in [0.25, 0.3) is 0 Å². The highest BCUT2D eigenvalue weighted by molar-refractivity contribution is 6.30. The summed E-state index contributed by atoms with van der Waals surface area (Å²) in [4.78, 5) is 63.5. The molecule has 1 fully saturated rings. The fourth-order valence-electron chi connectivity index (χ4n) is 5.29. The number of aliphatic carboxylic acids is 1. The molecule has 1 aromatic heterocycles. The molecular formula is C31H33ClN6O6. The standard InChI is InChI=1S/C31H33ClN6O6/c1-31(2,3)44-23-15-19(22(39)16-25(41)42)7-10-21(23)28-35-26(29-34-11-13-36(29)4)27(18-5-8-20(32)9-6-18)38(28)30(43)37-14-12-33-24(40)17-37/h5-11,13,15,26-27H,12,14,16-17H2,1-4H3,(H,33,40)(H,41,42)/t26-,27-/m1/s1. The van der Waals surface area contributed by atoms with Gasteiger partial charge < -0.3 is 24.6 Å². The molecule has 1 saturated heterocycles. The summed E-state index contributed by atoms with van der Waals surface area (Å²) in [7, 11) is 1.84. The summed E-state index contributed by atoms with van der Waals surface area (Å²) in [6.45, 7) is 5.97. The minimum atomic E-state index is -1.25. The summed E-state index contributed by atoms with van der Waals surface area (Å²) >= 11 is 6.24. The Bertz CT molecular complexity index is 1640. The summed E-state index contributed by atoms with van der Waals surface area (Å²) in [6.07, 6.45) is 2.76. The molecule has 3 amide bonds. The first-order valence-corrected chi connectivity index (χ1v) is 14.4. The zero-order valence-electron chi connectivity index (χ0n) is 24.8. The average Bonchev–Trinajstić information content (AvgIpc) is 3.55. The molecule has 0 bridgehead atoms. The van der Waals surface area contributed by atoms with Crippen LogP contribution in [-0.2, 0) is 16.6 Å². The number of piperazine rings is 1. The number of carboxylic acid groups (broad SMARTS) is 1. The van der Waals surface area contributed by atoms with Crippen molar-refractivity contribution in [2.45, 2.75) is 44.9 Å². The molecule has 0 unspecified atom stereocenters. The molecule has 12 nitrogen and oxygen atoms in total. The molecule has 230 valence electrons. The number of carbonyl (C=O) groups is 4. The molecule has 3 aromatic rings. The number of Topliss-reactive ketones (excluding diaryl/α,β-unsaturated/α-hetero) is 1. The van der Waals surface area contributed by atoms with Crippen molar-refractivity contribution in [1.82, 2.24) is 24.7 Å². The second-order valence-corrected chi connectivity index (χ2v) is 12.1. The molecule has 0 saturated carbocycles. The van der Waals surface area contributed by atoms with E-state index in [1.165, 1.54) is 17.0 Å². The predicted molar refractivity (Wildman–Crippen MR) is 162 cm³/mol. The smallest absolute Gasteiger partial charge is 0.326 e. The van der Waals surface area contributed by atoms with Crippen LogP contribution in [0.5, 0.6) is 5.75 Å². The largest absolute Gasteiger partial charge is 0.487 e. The van der Waals surface area contributed by atoms with E-state index in [9.17, 15) is 24.3 Å². The van der Waals surface area contributed by atoms with Gasteiger partial charge in [-0.3, -0.25) is 24.3 Å². The number of ketones is 1. The van der Waals surface area contributed by atoms with Crippen molar-refractivity contribution in [3.63, 3.8) is 0 Å². The van der Waals surface area contributed by atoms with Crippen LogP contribution in [-0.4, -0.2) is 79.2 Å². The first-order valence-electron chi connectivity index (χ1n) is 14.1. The number of aryl methyl sites for hydroxylation is 1. The van der Waals surface area contributed by atoms with E-state index >= 15 is 0 Å². The minimum absolute atomic E-state index is 0.128. The number of urea groups is 1. The SMILES string of the molecule is Cn1ccnc1[C@@H]1N=C(c2ccc(C(=O)CC(=O)O)cc2OC(C)(C)C)N(C(=O)N2CCNC(=O)C2)[C@@H]1c1ccc(Cl)cc1. The maximum Gasteiger partial charge on any atom is 0.326 e. The van der Waals surface area contributed by atoms with Crippen molar-refractivity contribution in [3.8, 4) is 5.75 Å². The van der Waals surface area contributed by atoms with Gasteiger partial charge in [0.15, 0.2) is 5.78 Å². The van der Waals surface area contributed by atoms with Gasteiger partial charge in [0.25, 0.3) is 0 Å². The monoisotopic (exact) mass is 620 g/mol. The first kappa shape index (κ1) is 30.7. The maximum atomic E-state index is 14.5. The summed E-state index contributed by atoms with van der Waals surface area (Å²) in [5.74, 6) is -1.01. The quantitative estimate of drug-likeness (QED) is 0.300. The number of imidazole rings is 1. The number of hydrogen-bond acceptors (Lipinski definition) is 7. The van der Waals surface area contributed by atoms with Gasteiger partial charge in [0.2, 0.25) is 5.91 Å². The van der Waals surface area contributed by atoms with E-state index in [1.807, 2.05) is 44.5 Å². The lowest BCUT2D eigenvalue weighted by Gasteiger charge is -2.36. The Labute approximate surface area is 259 Å². The van der Waals surface area contributed by atoms with Crippen LogP contribution in [0.3, 0.4) is 0 Å². The highest BCUT2D eigenvalue weighted by Crippen LogP contribution is 2.45. The van der Waals surface area contributed by atoms with Gasteiger partial charge in [-0.25, -0.2) is 9.78 Å². The molecule has 3 heterocycles. The van der Waals surface area contributed by atoms with Crippen molar-refractivity contribution < 1.29 is 29.0 Å². The van der Waals surface area contributed by atoms with Crippen LogP contribution < -0.4 is 10.1 Å². The number of amides is 3. The normalized spacial score (nSPS) is 18.6. The molecule has 2 aromatic carbocycles. The summed E-state index contributed by atoms with van der Waals surface area (Å²) < 4.78 is 8.13. The van der Waals surface area contributed by atoms with Gasteiger partial charge in [0.1, 0.15) is 42.0 Å². The number of aromatic nitrogens is 2. The number of hydrogen-bond donors (Lipinski definition) is 2. The molecule has 2 atom stereocenters. The number of nitrogens with one attached hydrogen (secondary N) is 1. The van der Waals surface area contributed by atoms with Gasteiger partial charge in [-0.05, 0) is 50.6 Å². The highest BCUT2D eigenvalue weighted by atomic mass is 35.5. The van der Waals surface area contributed by atoms with E-state index < -0.39 is 41.9 Å². The molecule has 2 aliphatic rings. The summed E-state index contributed by atoms with van der Waals surface area (Å²) in [6, 6.07) is 9.92. The Hall–Kier alpha value is -4.71. The lowest BCUT2D eigenvalue weighted by molar-refractivity contribution is -0.136. The predicted octanol–water partition coefficient (Wildman–Crippen LogP) is 4.00. The Morgan fingerprint density at radius 3 is 2.48 bits per heavy atom. The Kier molecular flexibility index (Phi) is 8.46. The zero-order chi connectivity index (χ0) is 31.8. The van der Waals surface area contributed by atoms with Gasteiger partial charge in [-0.2, -0.15) is 0 Å². The second-order valence-electron chi connectivity index (χ2n) is 11.6. The van der Waals surface area contributed by atoms with Crippen molar-refractivity contribution in [1.29, 1.82) is 0 Å². The molecule has 2 N–H and O–H groups in total. The number of carbonyl (C=O) groups excluding carboxylic acids is 3. The van der Waals surface area contributed by atoms with Crippen molar-refractivity contribution in [3.05, 3.63) is 82.4 Å². The number of carboxylic acids is 1. The number of ether oxygens (including phenoxy) is 1. The topological polar surface area (TPSA) is 146 Å². The Balaban J connectivity index is 1.72. The Morgan fingerprint density at radius 2 is 1.86 bits per heavy atom. The molecule has 0 spiro atoms. The van der Waals surface area contributed by atoms with E-state index in [4.69, 9.17) is 21.3 Å². The van der Waals surface area contributed by atoms with E-state index in [0.717, 1.165) is 5.56 Å². The number of halogens is 1.